The first kappa shape index (κ1) is 19.7. The highest BCUT2D eigenvalue weighted by Crippen LogP contribution is 2.33. The molecule has 2 N–H and O–H groups in total. The molecule has 2 aromatic heterocycles. The predicted molar refractivity (Wildman–Crippen MR) is 118 cm³/mol. The van der Waals surface area contributed by atoms with Crippen molar-refractivity contribution in [3.8, 4) is 16.9 Å². The summed E-state index contributed by atoms with van der Waals surface area (Å²) in [7, 11) is 0. The Morgan fingerprint density at radius 2 is 1.62 bits per heavy atom. The number of primary amides is 1. The summed E-state index contributed by atoms with van der Waals surface area (Å²) in [5.41, 5.74) is 9.35. The topological polar surface area (TPSA) is 86.7 Å². The van der Waals surface area contributed by atoms with E-state index in [0.717, 1.165) is 31.2 Å². The molecule has 0 spiro atoms. The maximum absolute atomic E-state index is 10.9. The number of carbonyl (C=O) groups excluding carboxylic acids is 1. The van der Waals surface area contributed by atoms with Crippen LogP contribution in [0.3, 0.4) is 0 Å². The van der Waals surface area contributed by atoms with E-state index in [1.165, 1.54) is 23.1 Å². The Labute approximate surface area is 180 Å². The molecule has 0 aliphatic heterocycles. The minimum Gasteiger partial charge on any atom is -0.369 e. The summed E-state index contributed by atoms with van der Waals surface area (Å²) >= 11 is 4.39. The number of nitrogens with two attached hydrogens (primary N) is 1. The average Bonchev–Trinajstić information content (AvgIpc) is 3.39. The SMILES string of the molecule is NC(=O)CSc1nnc(SCc2cn(-c3ccccc3)nc2-c2ccccc2)s1. The van der Waals surface area contributed by atoms with Crippen molar-refractivity contribution >= 4 is 40.8 Å². The van der Waals surface area contributed by atoms with Gasteiger partial charge in [-0.2, -0.15) is 5.10 Å². The highest BCUT2D eigenvalue weighted by molar-refractivity contribution is 8.03. The van der Waals surface area contributed by atoms with E-state index in [9.17, 15) is 4.79 Å². The van der Waals surface area contributed by atoms with Crippen molar-refractivity contribution in [2.75, 3.05) is 5.75 Å². The zero-order valence-corrected chi connectivity index (χ0v) is 17.7. The molecule has 0 atom stereocenters. The second-order valence-corrected chi connectivity index (χ2v) is 9.45. The molecule has 29 heavy (non-hydrogen) atoms. The number of carbonyl (C=O) groups is 1. The first-order chi connectivity index (χ1) is 14.2. The molecule has 4 aromatic rings. The van der Waals surface area contributed by atoms with E-state index in [1.807, 2.05) is 53.2 Å². The van der Waals surface area contributed by atoms with Gasteiger partial charge in [-0.15, -0.1) is 10.2 Å². The average molecular weight is 440 g/mol. The van der Waals surface area contributed by atoms with Gasteiger partial charge in [0, 0.05) is 23.1 Å². The lowest BCUT2D eigenvalue weighted by Crippen LogP contribution is -2.12. The molecule has 146 valence electrons. The molecule has 0 radical (unpaired) electrons. The number of amides is 1. The van der Waals surface area contributed by atoms with Gasteiger partial charge < -0.3 is 5.73 Å². The van der Waals surface area contributed by atoms with Crippen LogP contribution in [-0.4, -0.2) is 31.6 Å². The zero-order chi connectivity index (χ0) is 20.1. The van der Waals surface area contributed by atoms with Crippen molar-refractivity contribution in [3.63, 3.8) is 0 Å². The van der Waals surface area contributed by atoms with Gasteiger partial charge in [0.05, 0.1) is 17.1 Å². The molecule has 0 aliphatic carbocycles. The zero-order valence-electron chi connectivity index (χ0n) is 15.3. The molecular weight excluding hydrogens is 422 g/mol. The Morgan fingerprint density at radius 3 is 2.31 bits per heavy atom. The molecule has 0 bridgehead atoms. The lowest BCUT2D eigenvalue weighted by atomic mass is 10.1. The van der Waals surface area contributed by atoms with Crippen molar-refractivity contribution in [1.29, 1.82) is 0 Å². The van der Waals surface area contributed by atoms with E-state index in [-0.39, 0.29) is 11.7 Å². The summed E-state index contributed by atoms with van der Waals surface area (Å²) < 4.78 is 3.50. The number of rotatable bonds is 8. The lowest BCUT2D eigenvalue weighted by molar-refractivity contribution is -0.115. The van der Waals surface area contributed by atoms with Gasteiger partial charge in [-0.1, -0.05) is 83.4 Å². The normalized spacial score (nSPS) is 10.9. The lowest BCUT2D eigenvalue weighted by Gasteiger charge is -2.01. The van der Waals surface area contributed by atoms with E-state index in [4.69, 9.17) is 10.8 Å². The van der Waals surface area contributed by atoms with Gasteiger partial charge in [-0.05, 0) is 12.1 Å². The van der Waals surface area contributed by atoms with Crippen LogP contribution in [0.15, 0.2) is 75.5 Å². The van der Waals surface area contributed by atoms with E-state index in [0.29, 0.717) is 5.75 Å². The Bertz CT molecular complexity index is 1100. The van der Waals surface area contributed by atoms with Crippen LogP contribution in [0.2, 0.25) is 0 Å². The van der Waals surface area contributed by atoms with Crippen molar-refractivity contribution in [2.24, 2.45) is 5.73 Å². The van der Waals surface area contributed by atoms with E-state index in [1.54, 1.807) is 11.8 Å². The van der Waals surface area contributed by atoms with Crippen molar-refractivity contribution in [2.45, 2.75) is 14.4 Å². The van der Waals surface area contributed by atoms with E-state index < -0.39 is 0 Å². The number of hydrogen-bond acceptors (Lipinski definition) is 7. The molecule has 0 saturated carbocycles. The standard InChI is InChI=1S/C20H17N5OS3/c21-17(26)13-28-20-23-22-19(29-20)27-12-15-11-25(16-9-5-2-6-10-16)24-18(15)14-7-3-1-4-8-14/h1-11H,12-13H2,(H2,21,26). The number of aromatic nitrogens is 4. The summed E-state index contributed by atoms with van der Waals surface area (Å²) in [6, 6.07) is 20.2. The van der Waals surface area contributed by atoms with Crippen LogP contribution in [0.1, 0.15) is 5.56 Å². The quantitative estimate of drug-likeness (QED) is 0.413. The van der Waals surface area contributed by atoms with Crippen LogP contribution >= 0.6 is 34.9 Å². The fourth-order valence-electron chi connectivity index (χ4n) is 2.65. The van der Waals surface area contributed by atoms with Gasteiger partial charge in [0.25, 0.3) is 0 Å². The van der Waals surface area contributed by atoms with Gasteiger partial charge in [-0.3, -0.25) is 4.79 Å². The molecule has 0 saturated heterocycles. The van der Waals surface area contributed by atoms with Crippen molar-refractivity contribution in [1.82, 2.24) is 20.0 Å². The Hall–Kier alpha value is -2.62. The van der Waals surface area contributed by atoms with Gasteiger partial charge in [0.2, 0.25) is 5.91 Å². The first-order valence-electron chi connectivity index (χ1n) is 8.76. The van der Waals surface area contributed by atoms with Crippen LogP contribution < -0.4 is 5.73 Å². The number of thioether (sulfide) groups is 2. The van der Waals surface area contributed by atoms with Crippen LogP contribution in [0.4, 0.5) is 0 Å². The summed E-state index contributed by atoms with van der Waals surface area (Å²) in [5.74, 6) is 0.563. The van der Waals surface area contributed by atoms with Gasteiger partial charge >= 0.3 is 0 Å². The van der Waals surface area contributed by atoms with Gasteiger partial charge in [-0.25, -0.2) is 4.68 Å². The molecule has 2 heterocycles. The van der Waals surface area contributed by atoms with Crippen LogP contribution in [0.5, 0.6) is 0 Å². The third kappa shape index (κ3) is 5.06. The second kappa shape index (κ2) is 9.25. The number of benzene rings is 2. The smallest absolute Gasteiger partial charge is 0.227 e. The second-order valence-electron chi connectivity index (χ2n) is 6.03. The Balaban J connectivity index is 1.56. The molecule has 1 amide bonds. The Morgan fingerprint density at radius 1 is 0.966 bits per heavy atom. The van der Waals surface area contributed by atoms with Crippen LogP contribution in [0, 0.1) is 0 Å². The number of nitrogens with zero attached hydrogens (tertiary/aromatic N) is 4. The fraction of sp³-hybridized carbons (Fsp3) is 0.100. The molecule has 2 aromatic carbocycles. The minimum atomic E-state index is -0.361. The predicted octanol–water partition coefficient (Wildman–Crippen LogP) is 4.26. The molecule has 0 unspecified atom stereocenters. The first-order valence-corrected chi connectivity index (χ1v) is 11.5. The van der Waals surface area contributed by atoms with E-state index >= 15 is 0 Å². The number of para-hydroxylation sites is 1. The van der Waals surface area contributed by atoms with Gasteiger partial charge in [0.15, 0.2) is 8.68 Å². The third-order valence-electron chi connectivity index (χ3n) is 3.93. The van der Waals surface area contributed by atoms with Crippen molar-refractivity contribution < 1.29 is 4.79 Å². The summed E-state index contributed by atoms with van der Waals surface area (Å²) in [6.07, 6.45) is 2.06. The fourth-order valence-corrected chi connectivity index (χ4v) is 5.38. The molecule has 9 heteroatoms. The third-order valence-corrected chi connectivity index (χ3v) is 7.20. The summed E-state index contributed by atoms with van der Waals surface area (Å²) in [4.78, 5) is 10.9. The van der Waals surface area contributed by atoms with Crippen LogP contribution in [-0.2, 0) is 10.5 Å². The van der Waals surface area contributed by atoms with Crippen molar-refractivity contribution in [3.05, 3.63) is 72.4 Å². The maximum Gasteiger partial charge on any atom is 0.227 e. The largest absolute Gasteiger partial charge is 0.369 e. The molecule has 6 nitrogen and oxygen atoms in total. The summed E-state index contributed by atoms with van der Waals surface area (Å²) in [5, 5.41) is 13.2. The highest BCUT2D eigenvalue weighted by Gasteiger charge is 2.14. The monoisotopic (exact) mass is 439 g/mol. The molecule has 4 rings (SSSR count). The van der Waals surface area contributed by atoms with Gasteiger partial charge in [0.1, 0.15) is 0 Å². The maximum atomic E-state index is 10.9. The van der Waals surface area contributed by atoms with Crippen LogP contribution in [0.25, 0.3) is 16.9 Å². The number of hydrogen-bond donors (Lipinski definition) is 1. The molecule has 0 fully saturated rings. The summed E-state index contributed by atoms with van der Waals surface area (Å²) in [6.45, 7) is 0. The highest BCUT2D eigenvalue weighted by atomic mass is 32.2. The molecular formula is C20H17N5OS3. The van der Waals surface area contributed by atoms with E-state index in [2.05, 4.69) is 28.5 Å². The Kier molecular flexibility index (Phi) is 6.28. The molecule has 0 aliphatic rings. The minimum absolute atomic E-state index is 0.210.